The molecule has 0 aromatic carbocycles. The predicted octanol–water partition coefficient (Wildman–Crippen LogP) is 0.600. The van der Waals surface area contributed by atoms with Gasteiger partial charge >= 0.3 is 0 Å². The minimum Gasteiger partial charge on any atom is -0.396 e. The first-order valence-electron chi connectivity index (χ1n) is 6.67. The molecule has 0 spiro atoms. The molecule has 0 fully saturated rings. The minimum absolute atomic E-state index is 0.0511. The number of rotatable bonds is 3. The number of aromatic nitrogens is 1. The number of anilines is 2. The van der Waals surface area contributed by atoms with Crippen molar-refractivity contribution in [3.8, 4) is 23.8 Å². The van der Waals surface area contributed by atoms with Crippen LogP contribution in [0.5, 0.6) is 0 Å². The largest absolute Gasteiger partial charge is 0.396 e. The number of nitrogen functional groups attached to an aromatic ring is 1. The van der Waals surface area contributed by atoms with Gasteiger partial charge in [-0.2, -0.15) is 3.71 Å². The zero-order valence-electron chi connectivity index (χ0n) is 14.1. The Kier molecular flexibility index (Phi) is 5.40. The zero-order chi connectivity index (χ0) is 18.9. The molecule has 0 unspecified atom stereocenters. The van der Waals surface area contributed by atoms with Gasteiger partial charge in [0.25, 0.3) is 0 Å². The Hall–Kier alpha value is -2.01. The highest BCUT2D eigenvalue weighted by Crippen LogP contribution is 2.32. The lowest BCUT2D eigenvalue weighted by molar-refractivity contribution is 0.590. The summed E-state index contributed by atoms with van der Waals surface area (Å²) in [7, 11) is -10.2. The summed E-state index contributed by atoms with van der Waals surface area (Å²) in [5.74, 6) is 5.00. The fourth-order valence-corrected chi connectivity index (χ4v) is 5.22. The highest BCUT2D eigenvalue weighted by atomic mass is 32.3. The maximum Gasteiger partial charge on any atom is 0.245 e. The van der Waals surface area contributed by atoms with E-state index in [1.54, 1.807) is 0 Å². The summed E-state index contributed by atoms with van der Waals surface area (Å²) in [6.07, 6.45) is 8.09. The lowest BCUT2D eigenvalue weighted by atomic mass is 10.2. The van der Waals surface area contributed by atoms with Crippen LogP contribution in [0.3, 0.4) is 0 Å². The second-order valence-electron chi connectivity index (χ2n) is 6.15. The number of pyridine rings is 1. The minimum atomic E-state index is -4.20. The van der Waals surface area contributed by atoms with Crippen LogP contribution in [-0.4, -0.2) is 42.4 Å². The van der Waals surface area contributed by atoms with Crippen molar-refractivity contribution in [2.45, 2.75) is 19.6 Å². The Morgan fingerprint density at radius 3 is 2.04 bits per heavy atom. The topological polar surface area (TPSA) is 110 Å². The number of hydrogen-bond donors (Lipinski definition) is 1. The molecule has 0 amide bonds. The monoisotopic (exact) mass is 385 g/mol. The maximum atomic E-state index is 12.1. The van der Waals surface area contributed by atoms with E-state index < -0.39 is 28.1 Å². The van der Waals surface area contributed by atoms with E-state index in [0.717, 1.165) is 12.5 Å². The van der Waals surface area contributed by atoms with Crippen molar-refractivity contribution in [1.82, 2.24) is 4.98 Å². The van der Waals surface area contributed by atoms with Crippen molar-refractivity contribution in [1.29, 1.82) is 0 Å². The number of sulfonamides is 2. The van der Waals surface area contributed by atoms with E-state index >= 15 is 0 Å². The van der Waals surface area contributed by atoms with Gasteiger partial charge in [-0.15, -0.1) is 12.0 Å². The second-order valence-corrected chi connectivity index (χ2v) is 14.8. The third-order valence-corrected chi connectivity index (χ3v) is 6.66. The number of nitrogens with zero attached hydrogens (tertiary/aromatic N) is 2. The van der Waals surface area contributed by atoms with Crippen molar-refractivity contribution in [3.63, 3.8) is 0 Å². The van der Waals surface area contributed by atoms with Gasteiger partial charge in [-0.05, 0) is 0 Å². The standard InChI is InChI=1S/C14H19N3O4S2Si/c1-7-11-10-16-12(8-9-24(4,5)6)14(13(11)15)17(22(2,18)19)23(3,20)21/h1,10H,2-6H3,(H2,15,16). The summed E-state index contributed by atoms with van der Waals surface area (Å²) in [5.41, 5.74) is 8.45. The number of nitrogens with two attached hydrogens (primary N) is 1. The summed E-state index contributed by atoms with van der Waals surface area (Å²) < 4.78 is 48.4. The van der Waals surface area contributed by atoms with Crippen LogP contribution in [0.25, 0.3) is 0 Å². The molecule has 10 heteroatoms. The first kappa shape index (κ1) is 20.0. The van der Waals surface area contributed by atoms with Crippen molar-refractivity contribution >= 4 is 39.5 Å². The number of terminal acetylenes is 1. The molecule has 1 heterocycles. The fraction of sp³-hybridized carbons (Fsp3) is 0.357. The van der Waals surface area contributed by atoms with E-state index in [1.165, 1.54) is 6.20 Å². The maximum absolute atomic E-state index is 12.1. The van der Waals surface area contributed by atoms with E-state index in [1.807, 2.05) is 19.6 Å². The van der Waals surface area contributed by atoms with Crippen LogP contribution < -0.4 is 9.44 Å². The van der Waals surface area contributed by atoms with E-state index in [4.69, 9.17) is 12.2 Å². The molecule has 0 aliphatic rings. The van der Waals surface area contributed by atoms with Gasteiger partial charge in [0.1, 0.15) is 19.5 Å². The van der Waals surface area contributed by atoms with Crippen molar-refractivity contribution in [3.05, 3.63) is 17.5 Å². The Bertz CT molecular complexity index is 944. The first-order valence-corrected chi connectivity index (χ1v) is 13.9. The third-order valence-electron chi connectivity index (χ3n) is 2.59. The summed E-state index contributed by atoms with van der Waals surface area (Å²) in [4.78, 5) is 4.02. The molecule has 0 aliphatic heterocycles. The molecule has 0 radical (unpaired) electrons. The summed E-state index contributed by atoms with van der Waals surface area (Å²) in [6, 6.07) is 0. The van der Waals surface area contributed by atoms with Crippen LogP contribution in [0.2, 0.25) is 19.6 Å². The van der Waals surface area contributed by atoms with Crippen molar-refractivity contribution < 1.29 is 16.8 Å². The quantitative estimate of drug-likeness (QED) is 0.602. The molecule has 1 rings (SSSR count). The lowest BCUT2D eigenvalue weighted by Crippen LogP contribution is -2.36. The van der Waals surface area contributed by atoms with Gasteiger partial charge in [0.05, 0.1) is 23.8 Å². The van der Waals surface area contributed by atoms with Crippen molar-refractivity contribution in [2.24, 2.45) is 0 Å². The van der Waals surface area contributed by atoms with Crippen LogP contribution in [-0.2, 0) is 20.0 Å². The average molecular weight is 386 g/mol. The highest BCUT2D eigenvalue weighted by Gasteiger charge is 2.32. The van der Waals surface area contributed by atoms with Crippen LogP contribution in [0.15, 0.2) is 6.20 Å². The molecule has 0 aliphatic carbocycles. The molecule has 0 atom stereocenters. The highest BCUT2D eigenvalue weighted by molar-refractivity contribution is 8.09. The van der Waals surface area contributed by atoms with Crippen LogP contribution in [0, 0.1) is 23.8 Å². The molecule has 0 saturated carbocycles. The molecule has 24 heavy (non-hydrogen) atoms. The Morgan fingerprint density at radius 1 is 1.17 bits per heavy atom. The Balaban J connectivity index is 3.95. The van der Waals surface area contributed by atoms with Gasteiger partial charge in [-0.3, -0.25) is 0 Å². The lowest BCUT2D eigenvalue weighted by Gasteiger charge is -2.22. The summed E-state index contributed by atoms with van der Waals surface area (Å²) >= 11 is 0. The third kappa shape index (κ3) is 4.74. The smallest absolute Gasteiger partial charge is 0.245 e. The molecule has 1 aromatic heterocycles. The molecular formula is C14H19N3O4S2Si. The van der Waals surface area contributed by atoms with Gasteiger partial charge in [0, 0.05) is 6.20 Å². The summed E-state index contributed by atoms with van der Waals surface area (Å²) in [6.45, 7) is 5.93. The van der Waals surface area contributed by atoms with Gasteiger partial charge < -0.3 is 5.73 Å². The van der Waals surface area contributed by atoms with Gasteiger partial charge in [-0.25, -0.2) is 21.8 Å². The molecule has 1 aromatic rings. The van der Waals surface area contributed by atoms with E-state index in [-0.39, 0.29) is 26.3 Å². The molecular weight excluding hydrogens is 366 g/mol. The van der Waals surface area contributed by atoms with Crippen LogP contribution in [0.4, 0.5) is 11.4 Å². The van der Waals surface area contributed by atoms with Gasteiger partial charge in [0.15, 0.2) is 0 Å². The predicted molar refractivity (Wildman–Crippen MR) is 99.0 cm³/mol. The SMILES string of the molecule is C#Cc1cnc(C#C[Si](C)(C)C)c(N(S(C)(=O)=O)S(C)(=O)=O)c1N. The normalized spacial score (nSPS) is 12.0. The van der Waals surface area contributed by atoms with Crippen LogP contribution >= 0.6 is 0 Å². The van der Waals surface area contributed by atoms with Crippen LogP contribution in [0.1, 0.15) is 11.3 Å². The molecule has 2 N–H and O–H groups in total. The Labute approximate surface area is 144 Å². The second kappa shape index (κ2) is 6.47. The zero-order valence-corrected chi connectivity index (χ0v) is 16.7. The summed E-state index contributed by atoms with van der Waals surface area (Å²) in [5, 5.41) is 0. The van der Waals surface area contributed by atoms with E-state index in [2.05, 4.69) is 22.4 Å². The molecule has 7 nitrogen and oxygen atoms in total. The first-order chi connectivity index (χ1) is 10.7. The molecule has 0 saturated heterocycles. The van der Waals surface area contributed by atoms with E-state index in [0.29, 0.717) is 0 Å². The van der Waals surface area contributed by atoms with Gasteiger partial charge in [-0.1, -0.05) is 31.5 Å². The molecule has 130 valence electrons. The molecule has 0 bridgehead atoms. The average Bonchev–Trinajstić information content (AvgIpc) is 2.35. The Morgan fingerprint density at radius 2 is 1.67 bits per heavy atom. The number of hydrogen-bond acceptors (Lipinski definition) is 6. The fourth-order valence-electron chi connectivity index (χ4n) is 1.73. The van der Waals surface area contributed by atoms with E-state index in [9.17, 15) is 16.8 Å². The van der Waals surface area contributed by atoms with Gasteiger partial charge in [0.2, 0.25) is 20.0 Å². The van der Waals surface area contributed by atoms with Crippen molar-refractivity contribution in [2.75, 3.05) is 22.0 Å².